The molecule has 5 aliphatic heterocycles. The summed E-state index contributed by atoms with van der Waals surface area (Å²) in [5, 5.41) is 42.9. The molecule has 1 spiro atoms. The molecular formula is C51H72N5O10P. The molecule has 0 unspecified atom stereocenters. The lowest BCUT2D eigenvalue weighted by molar-refractivity contribution is -0.203. The maximum Gasteiger partial charge on any atom is 0.352 e. The molecule has 3 aromatic rings. The zero-order valence-corrected chi connectivity index (χ0v) is 41.7. The van der Waals surface area contributed by atoms with Gasteiger partial charge in [-0.15, -0.1) is 0 Å². The van der Waals surface area contributed by atoms with Gasteiger partial charge in [0.1, 0.15) is 23.1 Å². The van der Waals surface area contributed by atoms with Crippen LogP contribution in [0.1, 0.15) is 96.0 Å². The summed E-state index contributed by atoms with van der Waals surface area (Å²) in [6.07, 6.45) is 5.32. The van der Waals surface area contributed by atoms with Crippen LogP contribution in [0.3, 0.4) is 0 Å². The van der Waals surface area contributed by atoms with E-state index in [9.17, 15) is 19.9 Å². The molecule has 1 aromatic heterocycles. The van der Waals surface area contributed by atoms with E-state index in [0.29, 0.717) is 88.2 Å². The number of nitrogens with zero attached hydrogens (tertiary/aromatic N) is 3. The fourth-order valence-corrected chi connectivity index (χ4v) is 16.6. The summed E-state index contributed by atoms with van der Waals surface area (Å²) in [7, 11) is 0.898. The molecule has 1 saturated carbocycles. The Morgan fingerprint density at radius 2 is 1.72 bits per heavy atom. The first-order valence-corrected chi connectivity index (χ1v) is 26.2. The second kappa shape index (κ2) is 17.3. The Morgan fingerprint density at radius 1 is 0.985 bits per heavy atom. The lowest BCUT2D eigenvalue weighted by Crippen LogP contribution is -2.82. The highest BCUT2D eigenvalue weighted by Gasteiger charge is 2.79. The van der Waals surface area contributed by atoms with Gasteiger partial charge in [-0.3, -0.25) is 24.0 Å². The van der Waals surface area contributed by atoms with Gasteiger partial charge in [0.2, 0.25) is 0 Å². The van der Waals surface area contributed by atoms with Gasteiger partial charge in [0.15, 0.2) is 5.60 Å². The Hall–Kier alpha value is -3.79. The van der Waals surface area contributed by atoms with Crippen molar-refractivity contribution in [2.75, 3.05) is 72.1 Å². The summed E-state index contributed by atoms with van der Waals surface area (Å²) >= 11 is 0. The van der Waals surface area contributed by atoms with Crippen LogP contribution in [0.5, 0.6) is 5.75 Å². The fourth-order valence-electron chi connectivity index (χ4n) is 14.4. The Balaban J connectivity index is 1.31. The molecule has 67 heavy (non-hydrogen) atoms. The monoisotopic (exact) mass is 946 g/mol. The van der Waals surface area contributed by atoms with Gasteiger partial charge in [0.05, 0.1) is 39.1 Å². The summed E-state index contributed by atoms with van der Waals surface area (Å²) in [4.78, 5) is 41.4. The van der Waals surface area contributed by atoms with Crippen LogP contribution in [-0.4, -0.2) is 144 Å². The number of esters is 1. The minimum Gasteiger partial charge on any atom is -0.496 e. The van der Waals surface area contributed by atoms with Gasteiger partial charge in [0, 0.05) is 84.0 Å². The smallest absolute Gasteiger partial charge is 0.352 e. The fraction of sp³-hybridized carbons (Fsp3) is 0.647. The van der Waals surface area contributed by atoms with Crippen molar-refractivity contribution in [2.24, 2.45) is 17.3 Å². The SMILES string of the molecule is CCOP(=O)(OCC)[C@H](NC(=O)[C@@]1(O)[C@H](O)[C@]2(CC)C=CCN3CC[C@@]4(c5cc([C@@]6(C(=O)OC)C[C@@H]7C[N@](CCc8c6[nH]c6ccccc86)C[C@](O)(CC)C7)c(OC)cc5N(C)[C@@H]14)[C@@H]32)C(C)C. The molecule has 11 atom stereocenters. The van der Waals surface area contributed by atoms with Crippen LogP contribution in [0, 0.1) is 17.3 Å². The van der Waals surface area contributed by atoms with E-state index in [2.05, 4.69) is 32.2 Å². The summed E-state index contributed by atoms with van der Waals surface area (Å²) < 4.78 is 38.5. The van der Waals surface area contributed by atoms with Crippen molar-refractivity contribution >= 4 is 36.1 Å². The zero-order chi connectivity index (χ0) is 48.1. The number of para-hydroxylation sites is 1. The number of H-pyrrole nitrogens is 1. The first-order chi connectivity index (χ1) is 31.9. The number of ether oxygens (including phenoxy) is 2. The predicted molar refractivity (Wildman–Crippen MR) is 256 cm³/mol. The Morgan fingerprint density at radius 3 is 2.37 bits per heavy atom. The van der Waals surface area contributed by atoms with Crippen molar-refractivity contribution in [3.05, 3.63) is 70.9 Å². The number of aliphatic hydroxyl groups is 3. The van der Waals surface area contributed by atoms with Gasteiger partial charge in [-0.1, -0.05) is 58.0 Å². The molecule has 3 fully saturated rings. The first kappa shape index (κ1) is 48.2. The van der Waals surface area contributed by atoms with Gasteiger partial charge in [-0.05, 0) is 94.0 Å². The van der Waals surface area contributed by atoms with E-state index < -0.39 is 70.8 Å². The van der Waals surface area contributed by atoms with Crippen LogP contribution in [0.15, 0.2) is 48.6 Å². The van der Waals surface area contributed by atoms with Crippen LogP contribution in [-0.2, 0) is 45.2 Å². The zero-order valence-electron chi connectivity index (χ0n) is 40.8. The number of likely N-dealkylation sites (N-methyl/N-ethyl adjacent to an activating group) is 1. The molecule has 9 rings (SSSR count). The number of methoxy groups -OCH3 is 2. The van der Waals surface area contributed by atoms with Crippen molar-refractivity contribution < 1.29 is 48.0 Å². The third-order valence-corrected chi connectivity index (χ3v) is 19.7. The van der Waals surface area contributed by atoms with Crippen molar-refractivity contribution in [2.45, 2.75) is 126 Å². The quantitative estimate of drug-likeness (QED) is 0.0810. The minimum atomic E-state index is -3.97. The highest BCUT2D eigenvalue weighted by atomic mass is 31.2. The molecule has 2 bridgehead atoms. The molecule has 6 aliphatic rings. The Kier molecular flexibility index (Phi) is 12.4. The number of carbonyl (C=O) groups excluding carboxylic acids is 2. The van der Waals surface area contributed by atoms with Gasteiger partial charge in [0.25, 0.3) is 5.91 Å². The van der Waals surface area contributed by atoms with Crippen LogP contribution in [0.4, 0.5) is 5.69 Å². The van der Waals surface area contributed by atoms with E-state index in [-0.39, 0.29) is 25.2 Å². The van der Waals surface area contributed by atoms with E-state index in [1.807, 2.05) is 76.1 Å². The van der Waals surface area contributed by atoms with Crippen LogP contribution < -0.4 is 15.0 Å². The lowest BCUT2D eigenvalue weighted by Gasteiger charge is -2.63. The predicted octanol–water partition coefficient (Wildman–Crippen LogP) is 5.61. The molecule has 1 aliphatic carbocycles. The normalized spacial score (nSPS) is 34.9. The van der Waals surface area contributed by atoms with E-state index in [1.165, 1.54) is 7.11 Å². The standard InChI is InChI=1S/C51H72N5O10P/c1-10-47(60)27-32-28-50(46(59)64-9,40-34(19-23-55(29-32)30-47)33-17-14-15-18-37(33)52-40)36-25-35-38(26-39(36)63-8)54(7)43-49(35)21-24-56-22-16-20-48(11-2,42(49)56)44(57)51(43,61)45(58)53-41(31(5)6)67(62,65-12-3)66-13-4/h14-18,20,25-26,31-32,41-44,52,57,60-61H,10-13,19,21-24,27-30H2,1-9H3,(H,53,58)/t32-,41+,42+,43-,44-,47+,48-,49-,50+,51+/m1/s1. The van der Waals surface area contributed by atoms with Crippen molar-refractivity contribution in [3.63, 3.8) is 0 Å². The van der Waals surface area contributed by atoms with Gasteiger partial charge in [-0.2, -0.15) is 0 Å². The number of nitrogens with one attached hydrogen (secondary N) is 2. The number of piperidine rings is 1. The molecule has 0 radical (unpaired) electrons. The third kappa shape index (κ3) is 6.79. The van der Waals surface area contributed by atoms with E-state index in [4.69, 9.17) is 18.5 Å². The largest absolute Gasteiger partial charge is 0.496 e. The molecule has 5 N–H and O–H groups in total. The van der Waals surface area contributed by atoms with Gasteiger partial charge >= 0.3 is 13.6 Å². The van der Waals surface area contributed by atoms with Crippen LogP contribution in [0.25, 0.3) is 10.9 Å². The lowest BCUT2D eigenvalue weighted by atomic mass is 9.47. The second-order valence-corrected chi connectivity index (χ2v) is 22.8. The minimum absolute atomic E-state index is 0.0734. The van der Waals surface area contributed by atoms with Crippen LogP contribution in [0.2, 0.25) is 0 Å². The summed E-state index contributed by atoms with van der Waals surface area (Å²) in [5.41, 5.74) is -2.27. The summed E-state index contributed by atoms with van der Waals surface area (Å²) in [5.74, 6) is -2.61. The average molecular weight is 946 g/mol. The maximum absolute atomic E-state index is 15.5. The number of rotatable bonds is 13. The van der Waals surface area contributed by atoms with Crippen molar-refractivity contribution in [1.29, 1.82) is 0 Å². The third-order valence-electron chi connectivity index (χ3n) is 17.1. The van der Waals surface area contributed by atoms with Gasteiger partial charge < -0.3 is 49.0 Å². The molecule has 15 nitrogen and oxygen atoms in total. The number of aliphatic hydroxyl groups excluding tert-OH is 1. The number of amides is 1. The summed E-state index contributed by atoms with van der Waals surface area (Å²) in [6, 6.07) is 10.7. The summed E-state index contributed by atoms with van der Waals surface area (Å²) in [6.45, 7) is 14.4. The topological polar surface area (TPSA) is 186 Å². The average Bonchev–Trinajstić information content (AvgIpc) is 3.97. The number of benzene rings is 2. The number of hydrogen-bond donors (Lipinski definition) is 5. The number of hydrogen-bond acceptors (Lipinski definition) is 13. The highest BCUT2D eigenvalue weighted by Crippen LogP contribution is 2.68. The second-order valence-electron chi connectivity index (χ2n) is 20.7. The Labute approximate surface area is 395 Å². The number of aromatic amines is 1. The van der Waals surface area contributed by atoms with E-state index in [0.717, 1.165) is 27.7 Å². The molecule has 2 aromatic carbocycles. The highest BCUT2D eigenvalue weighted by molar-refractivity contribution is 7.54. The Bertz CT molecular complexity index is 2490. The molecule has 2 saturated heterocycles. The van der Waals surface area contributed by atoms with Crippen molar-refractivity contribution in [3.8, 4) is 5.75 Å². The molecule has 366 valence electrons. The maximum atomic E-state index is 15.5. The van der Waals surface area contributed by atoms with Crippen molar-refractivity contribution in [1.82, 2.24) is 20.1 Å². The van der Waals surface area contributed by atoms with Crippen LogP contribution >= 0.6 is 7.60 Å². The molecule has 6 heterocycles. The number of aromatic nitrogens is 1. The number of carbonyl (C=O) groups is 2. The number of fused-ring (bicyclic) bond motifs is 6. The van der Waals surface area contributed by atoms with E-state index in [1.54, 1.807) is 21.0 Å². The van der Waals surface area contributed by atoms with E-state index >= 15 is 9.59 Å². The first-order valence-electron chi connectivity index (χ1n) is 24.5. The number of anilines is 1. The molecular weight excluding hydrogens is 874 g/mol. The molecule has 1 amide bonds. The van der Waals surface area contributed by atoms with Gasteiger partial charge in [-0.25, -0.2) is 0 Å². The molecule has 16 heteroatoms.